The minimum atomic E-state index is -0.527. The van der Waals surface area contributed by atoms with Crippen LogP contribution in [0.15, 0.2) is 65.4 Å². The molecule has 0 saturated heterocycles. The van der Waals surface area contributed by atoms with E-state index in [2.05, 4.69) is 15.3 Å². The van der Waals surface area contributed by atoms with Crippen molar-refractivity contribution < 1.29 is 18.7 Å². The maximum absolute atomic E-state index is 14.2. The highest BCUT2D eigenvalue weighted by Gasteiger charge is 2.20. The van der Waals surface area contributed by atoms with E-state index in [1.807, 2.05) is 29.6 Å². The summed E-state index contributed by atoms with van der Waals surface area (Å²) in [5.74, 6) is -0.587. The Bertz CT molecular complexity index is 1370. The molecule has 0 unspecified atom stereocenters. The first-order valence-corrected chi connectivity index (χ1v) is 11.8. The molecule has 0 aliphatic carbocycles. The number of hydrogen-bond donors (Lipinski definition) is 1. The van der Waals surface area contributed by atoms with Crippen LogP contribution in [0.2, 0.25) is 0 Å². The zero-order valence-electron chi connectivity index (χ0n) is 18.2. The maximum atomic E-state index is 14.2. The summed E-state index contributed by atoms with van der Waals surface area (Å²) in [5.41, 5.74) is 2.11. The van der Waals surface area contributed by atoms with E-state index in [1.165, 1.54) is 58.8 Å². The molecule has 4 rings (SSSR count). The number of aromatic nitrogens is 2. The standard InChI is InChI=1S/C24H19FN4O3S2/c1-15(30)29(20-9-5-4-8-18(20)25)24-26-16(13-34-24)11-12-22(31)28-23-27-19(14-33-23)17-7-3-6-10-21(17)32-2/h3-14H,1-2H3,(H,27,28,31)/b12-11+. The van der Waals surface area contributed by atoms with Gasteiger partial charge in [0.2, 0.25) is 11.8 Å². The van der Waals surface area contributed by atoms with E-state index >= 15 is 0 Å². The van der Waals surface area contributed by atoms with Crippen LogP contribution in [0.3, 0.4) is 0 Å². The highest BCUT2D eigenvalue weighted by Crippen LogP contribution is 2.32. The van der Waals surface area contributed by atoms with Gasteiger partial charge in [-0.15, -0.1) is 22.7 Å². The summed E-state index contributed by atoms with van der Waals surface area (Å²) in [4.78, 5) is 34.5. The number of amides is 2. The van der Waals surface area contributed by atoms with Crippen molar-refractivity contribution in [2.75, 3.05) is 17.3 Å². The fourth-order valence-electron chi connectivity index (χ4n) is 3.12. The van der Waals surface area contributed by atoms with Crippen LogP contribution in [0.4, 0.5) is 20.3 Å². The van der Waals surface area contributed by atoms with E-state index in [9.17, 15) is 14.0 Å². The van der Waals surface area contributed by atoms with E-state index in [-0.39, 0.29) is 17.5 Å². The topological polar surface area (TPSA) is 84.4 Å². The van der Waals surface area contributed by atoms with Crippen molar-refractivity contribution in [2.24, 2.45) is 0 Å². The van der Waals surface area contributed by atoms with Gasteiger partial charge in [0.15, 0.2) is 10.3 Å². The number of rotatable bonds is 7. The molecular weight excluding hydrogens is 475 g/mol. The summed E-state index contributed by atoms with van der Waals surface area (Å²) in [6.45, 7) is 1.34. The van der Waals surface area contributed by atoms with E-state index in [1.54, 1.807) is 24.6 Å². The molecule has 172 valence electrons. The average Bonchev–Trinajstić information content (AvgIpc) is 3.49. The summed E-state index contributed by atoms with van der Waals surface area (Å²) in [6, 6.07) is 13.5. The van der Waals surface area contributed by atoms with Crippen LogP contribution in [-0.2, 0) is 9.59 Å². The Morgan fingerprint density at radius 3 is 2.59 bits per heavy atom. The quantitative estimate of drug-likeness (QED) is 0.331. The number of halogens is 1. The van der Waals surface area contributed by atoms with Crippen molar-refractivity contribution in [3.8, 4) is 17.0 Å². The van der Waals surface area contributed by atoms with E-state index in [0.29, 0.717) is 27.4 Å². The fourth-order valence-corrected chi connectivity index (χ4v) is 4.68. The SMILES string of the molecule is COc1ccccc1-c1csc(NC(=O)/C=C/c2csc(N(C(C)=O)c3ccccc3F)n2)n1. The van der Waals surface area contributed by atoms with Gasteiger partial charge < -0.3 is 4.74 Å². The van der Waals surface area contributed by atoms with Gasteiger partial charge in [0.25, 0.3) is 0 Å². The van der Waals surface area contributed by atoms with Gasteiger partial charge in [0.1, 0.15) is 11.6 Å². The van der Waals surface area contributed by atoms with Crippen LogP contribution in [0.5, 0.6) is 5.75 Å². The van der Waals surface area contributed by atoms with Crippen molar-refractivity contribution in [3.05, 3.63) is 76.9 Å². The lowest BCUT2D eigenvalue weighted by Crippen LogP contribution is -2.23. The molecule has 7 nitrogen and oxygen atoms in total. The molecule has 0 spiro atoms. The minimum absolute atomic E-state index is 0.118. The maximum Gasteiger partial charge on any atom is 0.250 e. The number of carbonyl (C=O) groups is 2. The zero-order valence-corrected chi connectivity index (χ0v) is 19.8. The van der Waals surface area contributed by atoms with Crippen LogP contribution in [0.1, 0.15) is 12.6 Å². The molecule has 2 amide bonds. The lowest BCUT2D eigenvalue weighted by atomic mass is 10.1. The van der Waals surface area contributed by atoms with Crippen molar-refractivity contribution in [1.82, 2.24) is 9.97 Å². The molecular formula is C24H19FN4O3S2. The van der Waals surface area contributed by atoms with E-state index in [0.717, 1.165) is 5.56 Å². The normalized spacial score (nSPS) is 10.9. The Labute approximate surface area is 203 Å². The molecule has 2 aromatic heterocycles. The van der Waals surface area contributed by atoms with Crippen molar-refractivity contribution in [1.29, 1.82) is 0 Å². The Morgan fingerprint density at radius 2 is 1.82 bits per heavy atom. The lowest BCUT2D eigenvalue weighted by Gasteiger charge is -2.18. The van der Waals surface area contributed by atoms with Gasteiger partial charge in [0, 0.05) is 29.3 Å². The molecule has 2 heterocycles. The molecule has 1 N–H and O–H groups in total. The van der Waals surface area contributed by atoms with Crippen LogP contribution in [0, 0.1) is 5.82 Å². The molecule has 0 aliphatic heterocycles. The van der Waals surface area contributed by atoms with Gasteiger partial charge in [-0.1, -0.05) is 24.3 Å². The second-order valence-corrected chi connectivity index (χ2v) is 8.62. The molecule has 2 aromatic carbocycles. The van der Waals surface area contributed by atoms with Crippen molar-refractivity contribution in [2.45, 2.75) is 6.92 Å². The van der Waals surface area contributed by atoms with Gasteiger partial charge in [0.05, 0.1) is 24.2 Å². The number of anilines is 3. The molecule has 34 heavy (non-hydrogen) atoms. The predicted molar refractivity (Wildman–Crippen MR) is 133 cm³/mol. The monoisotopic (exact) mass is 494 g/mol. The number of methoxy groups -OCH3 is 1. The number of carbonyl (C=O) groups excluding carboxylic acids is 2. The number of para-hydroxylation sites is 2. The Balaban J connectivity index is 1.45. The molecule has 0 aliphatic rings. The van der Waals surface area contributed by atoms with Gasteiger partial charge in [-0.05, 0) is 30.3 Å². The second kappa shape index (κ2) is 10.4. The van der Waals surface area contributed by atoms with Gasteiger partial charge >= 0.3 is 0 Å². The first-order valence-electron chi connectivity index (χ1n) is 10.0. The smallest absolute Gasteiger partial charge is 0.250 e. The second-order valence-electron chi connectivity index (χ2n) is 6.92. The molecule has 0 bridgehead atoms. The summed E-state index contributed by atoms with van der Waals surface area (Å²) in [5, 5.41) is 6.99. The number of thiazole rings is 2. The van der Waals surface area contributed by atoms with Crippen LogP contribution >= 0.6 is 22.7 Å². The highest BCUT2D eigenvalue weighted by atomic mass is 32.1. The van der Waals surface area contributed by atoms with Gasteiger partial charge in [-0.25, -0.2) is 14.4 Å². The minimum Gasteiger partial charge on any atom is -0.496 e. The number of nitrogens with one attached hydrogen (secondary N) is 1. The first kappa shape index (κ1) is 23.3. The number of hydrogen-bond acceptors (Lipinski definition) is 7. The first-order chi connectivity index (χ1) is 16.5. The third-order valence-electron chi connectivity index (χ3n) is 4.63. The number of benzene rings is 2. The van der Waals surface area contributed by atoms with Crippen molar-refractivity contribution in [3.63, 3.8) is 0 Å². The summed E-state index contributed by atoms with van der Waals surface area (Å²) in [7, 11) is 1.59. The Morgan fingerprint density at radius 1 is 1.06 bits per heavy atom. The third kappa shape index (κ3) is 5.19. The fraction of sp³-hybridized carbons (Fsp3) is 0.0833. The molecule has 0 fully saturated rings. The summed E-state index contributed by atoms with van der Waals surface area (Å²) in [6.07, 6.45) is 2.84. The molecule has 10 heteroatoms. The molecule has 0 saturated carbocycles. The molecule has 4 aromatic rings. The van der Waals surface area contributed by atoms with Gasteiger partial charge in [-0.2, -0.15) is 0 Å². The molecule has 0 atom stereocenters. The van der Waals surface area contributed by atoms with Crippen LogP contribution in [0.25, 0.3) is 17.3 Å². The predicted octanol–water partition coefficient (Wildman–Crippen LogP) is 5.75. The van der Waals surface area contributed by atoms with E-state index in [4.69, 9.17) is 4.74 Å². The van der Waals surface area contributed by atoms with Crippen LogP contribution < -0.4 is 15.0 Å². The third-order valence-corrected chi connectivity index (χ3v) is 6.23. The van der Waals surface area contributed by atoms with E-state index < -0.39 is 5.82 Å². The highest BCUT2D eigenvalue weighted by molar-refractivity contribution is 7.14. The number of nitrogens with zero attached hydrogens (tertiary/aromatic N) is 3. The van der Waals surface area contributed by atoms with Gasteiger partial charge in [-0.3, -0.25) is 19.8 Å². The Hall–Kier alpha value is -3.89. The lowest BCUT2D eigenvalue weighted by molar-refractivity contribution is -0.116. The summed E-state index contributed by atoms with van der Waals surface area (Å²) < 4.78 is 19.6. The molecule has 0 radical (unpaired) electrons. The number of ether oxygens (including phenoxy) is 1. The van der Waals surface area contributed by atoms with Crippen LogP contribution in [-0.4, -0.2) is 28.9 Å². The zero-order chi connectivity index (χ0) is 24.1. The summed E-state index contributed by atoms with van der Waals surface area (Å²) >= 11 is 2.47. The largest absolute Gasteiger partial charge is 0.496 e. The van der Waals surface area contributed by atoms with Crippen molar-refractivity contribution >= 4 is 56.5 Å². The average molecular weight is 495 g/mol. The Kier molecular flexibility index (Phi) is 7.09.